The predicted molar refractivity (Wildman–Crippen MR) is 92.8 cm³/mol. The summed E-state index contributed by atoms with van der Waals surface area (Å²) in [7, 11) is 0. The maximum atomic E-state index is 10.1. The van der Waals surface area contributed by atoms with E-state index in [4.69, 9.17) is 0 Å². The first-order chi connectivity index (χ1) is 10.9. The Morgan fingerprint density at radius 2 is 1.83 bits per heavy atom. The second kappa shape index (κ2) is 6.06. The van der Waals surface area contributed by atoms with Gasteiger partial charge in [0, 0.05) is 24.3 Å². The molecule has 0 radical (unpaired) electrons. The summed E-state index contributed by atoms with van der Waals surface area (Å²) in [5.74, 6) is 0.561. The third-order valence-electron chi connectivity index (χ3n) is 3.21. The van der Waals surface area contributed by atoms with Crippen LogP contribution in [0.1, 0.15) is 24.4 Å². The Bertz CT molecular complexity index is 809. The van der Waals surface area contributed by atoms with E-state index in [0.29, 0.717) is 11.0 Å². The Balaban J connectivity index is 1.93. The Labute approximate surface area is 139 Å². The van der Waals surface area contributed by atoms with E-state index in [1.165, 1.54) is 11.3 Å². The Hall–Kier alpha value is -2.31. The zero-order chi connectivity index (χ0) is 16.4. The number of aromatic nitrogens is 3. The Kier molecular flexibility index (Phi) is 4.11. The summed E-state index contributed by atoms with van der Waals surface area (Å²) in [5, 5.41) is 14.0. The molecule has 23 heavy (non-hydrogen) atoms. The van der Waals surface area contributed by atoms with Crippen LogP contribution in [0.5, 0.6) is 0 Å². The topological polar surface area (TPSA) is 70.9 Å². The van der Waals surface area contributed by atoms with Crippen LogP contribution in [0, 0.1) is 6.92 Å². The van der Waals surface area contributed by atoms with Gasteiger partial charge in [0.2, 0.25) is 5.95 Å². The highest BCUT2D eigenvalue weighted by Gasteiger charge is 2.20. The van der Waals surface area contributed by atoms with Gasteiger partial charge in [0.15, 0.2) is 0 Å². The lowest BCUT2D eigenvalue weighted by Gasteiger charge is -2.12. The van der Waals surface area contributed by atoms with E-state index in [2.05, 4.69) is 26.3 Å². The monoisotopic (exact) mass is 326 g/mol. The van der Waals surface area contributed by atoms with Gasteiger partial charge in [0.25, 0.3) is 0 Å². The van der Waals surface area contributed by atoms with E-state index in [1.807, 2.05) is 19.1 Å². The minimum Gasteiger partial charge on any atom is -0.383 e. The minimum atomic E-state index is -0.925. The van der Waals surface area contributed by atoms with Crippen LogP contribution in [0.3, 0.4) is 0 Å². The molecule has 3 rings (SSSR count). The van der Waals surface area contributed by atoms with E-state index in [9.17, 15) is 5.11 Å². The van der Waals surface area contributed by atoms with Crippen molar-refractivity contribution in [3.63, 3.8) is 0 Å². The van der Waals surface area contributed by atoms with Gasteiger partial charge >= 0.3 is 0 Å². The normalized spacial score (nSPS) is 11.5. The molecule has 6 heteroatoms. The molecule has 1 aromatic carbocycles. The number of nitrogens with zero attached hydrogens (tertiary/aromatic N) is 3. The molecule has 0 spiro atoms. The lowest BCUT2D eigenvalue weighted by atomic mass is 10.1. The number of aryl methyl sites for hydroxylation is 1. The minimum absolute atomic E-state index is 0.561. The number of nitrogens with one attached hydrogen (secondary N) is 1. The maximum absolute atomic E-state index is 10.1. The molecule has 0 bridgehead atoms. The van der Waals surface area contributed by atoms with E-state index in [-0.39, 0.29) is 0 Å². The molecule has 5 nitrogen and oxygen atoms in total. The largest absolute Gasteiger partial charge is 0.383 e. The van der Waals surface area contributed by atoms with Crippen molar-refractivity contribution in [3.8, 4) is 10.4 Å². The summed E-state index contributed by atoms with van der Waals surface area (Å²) >= 11 is 1.50. The fourth-order valence-corrected chi connectivity index (χ4v) is 3.09. The van der Waals surface area contributed by atoms with Crippen LogP contribution in [0.25, 0.3) is 10.4 Å². The van der Waals surface area contributed by atoms with Crippen molar-refractivity contribution < 1.29 is 5.11 Å². The van der Waals surface area contributed by atoms with Crippen molar-refractivity contribution >= 4 is 23.0 Å². The molecule has 0 aliphatic rings. The van der Waals surface area contributed by atoms with Crippen molar-refractivity contribution in [1.29, 1.82) is 0 Å². The van der Waals surface area contributed by atoms with Gasteiger partial charge in [-0.2, -0.15) is 0 Å². The van der Waals surface area contributed by atoms with Crippen LogP contribution < -0.4 is 5.32 Å². The van der Waals surface area contributed by atoms with E-state index >= 15 is 0 Å². The van der Waals surface area contributed by atoms with Crippen molar-refractivity contribution in [2.45, 2.75) is 26.4 Å². The third kappa shape index (κ3) is 3.72. The molecule has 3 aromatic rings. The van der Waals surface area contributed by atoms with Crippen molar-refractivity contribution in [2.75, 3.05) is 5.32 Å². The number of benzene rings is 1. The standard InChI is InChI=1S/C17H18N4OS/c1-11-7-12(14-10-20-15(23-14)17(2,3)22)9-13(8-11)21-16-18-5-4-6-19-16/h4-10,22H,1-3H3,(H,18,19,21). The van der Waals surface area contributed by atoms with Crippen LogP contribution in [0.2, 0.25) is 0 Å². The summed E-state index contributed by atoms with van der Waals surface area (Å²) in [4.78, 5) is 13.7. The molecule has 0 saturated carbocycles. The molecule has 0 saturated heterocycles. The van der Waals surface area contributed by atoms with Crippen molar-refractivity contribution in [2.24, 2.45) is 0 Å². The van der Waals surface area contributed by atoms with Gasteiger partial charge in [-0.3, -0.25) is 0 Å². The van der Waals surface area contributed by atoms with Gasteiger partial charge in [-0.15, -0.1) is 11.3 Å². The number of hydrogen-bond acceptors (Lipinski definition) is 6. The highest BCUT2D eigenvalue weighted by Crippen LogP contribution is 2.33. The zero-order valence-corrected chi connectivity index (χ0v) is 14.1. The molecule has 0 aliphatic carbocycles. The van der Waals surface area contributed by atoms with E-state index in [1.54, 1.807) is 38.5 Å². The van der Waals surface area contributed by atoms with Gasteiger partial charge in [0.05, 0.1) is 4.88 Å². The highest BCUT2D eigenvalue weighted by atomic mass is 32.1. The number of rotatable bonds is 4. The second-order valence-corrected chi connectivity index (χ2v) is 6.90. The molecule has 0 aliphatic heterocycles. The van der Waals surface area contributed by atoms with Gasteiger partial charge in [0.1, 0.15) is 10.6 Å². The smallest absolute Gasteiger partial charge is 0.227 e. The van der Waals surface area contributed by atoms with Crippen LogP contribution >= 0.6 is 11.3 Å². The molecule has 2 heterocycles. The summed E-state index contributed by atoms with van der Waals surface area (Å²) in [6, 6.07) is 7.95. The van der Waals surface area contributed by atoms with Gasteiger partial charge in [-0.1, -0.05) is 6.07 Å². The lowest BCUT2D eigenvalue weighted by molar-refractivity contribution is 0.0783. The second-order valence-electron chi connectivity index (χ2n) is 5.87. The van der Waals surface area contributed by atoms with Crippen molar-refractivity contribution in [1.82, 2.24) is 15.0 Å². The molecular weight excluding hydrogens is 308 g/mol. The molecule has 0 atom stereocenters. The molecule has 0 unspecified atom stereocenters. The Morgan fingerprint density at radius 1 is 1.09 bits per heavy atom. The molecule has 118 valence electrons. The summed E-state index contributed by atoms with van der Waals surface area (Å²) in [5.41, 5.74) is 2.17. The lowest BCUT2D eigenvalue weighted by Crippen LogP contribution is -2.14. The molecule has 2 aromatic heterocycles. The van der Waals surface area contributed by atoms with E-state index < -0.39 is 5.60 Å². The van der Waals surface area contributed by atoms with Crippen LogP contribution in [-0.2, 0) is 5.60 Å². The van der Waals surface area contributed by atoms with Gasteiger partial charge in [-0.05, 0) is 50.1 Å². The SMILES string of the molecule is Cc1cc(Nc2ncccn2)cc(-c2cnc(C(C)(C)O)s2)c1. The molecular formula is C17H18N4OS. The average molecular weight is 326 g/mol. The fourth-order valence-electron chi connectivity index (χ4n) is 2.18. The highest BCUT2D eigenvalue weighted by molar-refractivity contribution is 7.15. The first-order valence-electron chi connectivity index (χ1n) is 7.26. The third-order valence-corrected chi connectivity index (χ3v) is 4.57. The van der Waals surface area contributed by atoms with Gasteiger partial charge < -0.3 is 10.4 Å². The van der Waals surface area contributed by atoms with Crippen LogP contribution in [0.4, 0.5) is 11.6 Å². The first kappa shape index (κ1) is 15.6. The maximum Gasteiger partial charge on any atom is 0.227 e. The summed E-state index contributed by atoms with van der Waals surface area (Å²) < 4.78 is 0. The van der Waals surface area contributed by atoms with Crippen LogP contribution in [-0.4, -0.2) is 20.1 Å². The quantitative estimate of drug-likeness (QED) is 0.761. The number of aliphatic hydroxyl groups is 1. The van der Waals surface area contributed by atoms with Gasteiger partial charge in [-0.25, -0.2) is 15.0 Å². The number of anilines is 2. The fraction of sp³-hybridized carbons (Fsp3) is 0.235. The molecule has 0 fully saturated rings. The predicted octanol–water partition coefficient (Wildman–Crippen LogP) is 3.88. The first-order valence-corrected chi connectivity index (χ1v) is 8.08. The van der Waals surface area contributed by atoms with Crippen molar-refractivity contribution in [3.05, 3.63) is 53.4 Å². The number of hydrogen-bond donors (Lipinski definition) is 2. The Morgan fingerprint density at radius 3 is 2.48 bits per heavy atom. The van der Waals surface area contributed by atoms with Crippen LogP contribution in [0.15, 0.2) is 42.9 Å². The zero-order valence-electron chi connectivity index (χ0n) is 13.2. The average Bonchev–Trinajstić information content (AvgIpc) is 2.97. The summed E-state index contributed by atoms with van der Waals surface area (Å²) in [6.45, 7) is 5.52. The van der Waals surface area contributed by atoms with E-state index in [0.717, 1.165) is 21.7 Å². The number of thiazole rings is 1. The molecule has 2 N–H and O–H groups in total. The summed E-state index contributed by atoms with van der Waals surface area (Å²) in [6.07, 6.45) is 5.20. The molecule has 0 amide bonds.